The molecule has 0 atom stereocenters. The second kappa shape index (κ2) is 17.7. The lowest BCUT2D eigenvalue weighted by Gasteiger charge is -1.85. The van der Waals surface area contributed by atoms with Gasteiger partial charge in [0.15, 0.2) is 0 Å². The number of unbranched alkanes of at least 4 members (excludes halogenated alkanes) is 4. The van der Waals surface area contributed by atoms with E-state index >= 15 is 0 Å². The summed E-state index contributed by atoms with van der Waals surface area (Å²) in [6, 6.07) is 0. The summed E-state index contributed by atoms with van der Waals surface area (Å²) in [5, 5.41) is 0. The molecule has 0 saturated carbocycles. The average molecular weight is 208 g/mol. The lowest BCUT2D eigenvalue weighted by Crippen LogP contribution is -1.70. The molecule has 0 bridgehead atoms. The average Bonchev–Trinajstić information content (AvgIpc) is 2.12. The van der Waals surface area contributed by atoms with Crippen LogP contribution in [0.4, 0.5) is 0 Å². The van der Waals surface area contributed by atoms with Gasteiger partial charge in [-0.1, -0.05) is 39.5 Å². The monoisotopic (exact) mass is 208 g/mol. The molecule has 0 aromatic heterocycles. The van der Waals surface area contributed by atoms with Gasteiger partial charge in [-0.05, 0) is 24.3 Å². The third-order valence-corrected chi connectivity index (χ3v) is 2.16. The largest absolute Gasteiger partial charge is 0.179 e. The molecule has 0 unspecified atom stereocenters. The van der Waals surface area contributed by atoms with Crippen LogP contribution in [-0.2, 0) is 0 Å². The highest BCUT2D eigenvalue weighted by Gasteiger charge is 1.76. The number of hydrogen-bond acceptors (Lipinski definition) is 2. The van der Waals surface area contributed by atoms with E-state index in [1.165, 1.54) is 38.5 Å². The summed E-state index contributed by atoms with van der Waals surface area (Å²) in [7, 11) is 0. The zero-order valence-electron chi connectivity index (χ0n) is 8.55. The summed E-state index contributed by atoms with van der Waals surface area (Å²) in [6.45, 7) is 4.40. The van der Waals surface area contributed by atoms with E-state index in [1.807, 2.05) is 0 Å². The van der Waals surface area contributed by atoms with Gasteiger partial charge in [0.05, 0.1) is 0 Å². The highest BCUT2D eigenvalue weighted by atomic mass is 32.1. The lowest BCUT2D eigenvalue weighted by molar-refractivity contribution is 0.780. The molecule has 0 heterocycles. The Morgan fingerprint density at radius 1 is 0.667 bits per heavy atom. The summed E-state index contributed by atoms with van der Waals surface area (Å²) < 4.78 is 0. The summed E-state index contributed by atoms with van der Waals surface area (Å²) in [4.78, 5) is 0. The molecule has 0 N–H and O–H groups in total. The van der Waals surface area contributed by atoms with E-state index in [0.29, 0.717) is 0 Å². The Morgan fingerprint density at radius 3 is 1.08 bits per heavy atom. The van der Waals surface area contributed by atoms with E-state index in [0.717, 1.165) is 11.5 Å². The van der Waals surface area contributed by atoms with Gasteiger partial charge in [0.1, 0.15) is 0 Å². The molecule has 0 nitrogen and oxygen atoms in total. The minimum absolute atomic E-state index is 1.05. The fourth-order valence-corrected chi connectivity index (χ4v) is 1.17. The molecule has 76 valence electrons. The van der Waals surface area contributed by atoms with Crippen LogP contribution in [0, 0.1) is 0 Å². The second-order valence-electron chi connectivity index (χ2n) is 2.86. The number of rotatable bonds is 6. The van der Waals surface area contributed by atoms with Gasteiger partial charge in [-0.2, -0.15) is 25.3 Å². The minimum atomic E-state index is 1.05. The van der Waals surface area contributed by atoms with Gasteiger partial charge in [0.25, 0.3) is 0 Å². The fourth-order valence-electron chi connectivity index (χ4n) is 0.724. The Bertz CT molecular complexity index is 39.8. The molecule has 12 heavy (non-hydrogen) atoms. The highest BCUT2D eigenvalue weighted by Crippen LogP contribution is 1.93. The van der Waals surface area contributed by atoms with Crippen molar-refractivity contribution in [3.05, 3.63) is 0 Å². The van der Waals surface area contributed by atoms with Crippen molar-refractivity contribution in [2.24, 2.45) is 0 Å². The van der Waals surface area contributed by atoms with Crippen molar-refractivity contribution in [3.63, 3.8) is 0 Å². The van der Waals surface area contributed by atoms with Crippen LogP contribution in [0.15, 0.2) is 0 Å². The van der Waals surface area contributed by atoms with Gasteiger partial charge in [-0.3, -0.25) is 0 Å². The Hall–Kier alpha value is 0.700. The molecule has 0 spiro atoms. The zero-order valence-corrected chi connectivity index (χ0v) is 10.3. The van der Waals surface area contributed by atoms with Crippen molar-refractivity contribution in [3.8, 4) is 0 Å². The third kappa shape index (κ3) is 22.4. The summed E-state index contributed by atoms with van der Waals surface area (Å²) >= 11 is 8.11. The number of thiol groups is 2. The molecular formula is C10H24S2. The van der Waals surface area contributed by atoms with E-state index in [2.05, 4.69) is 39.1 Å². The maximum absolute atomic E-state index is 4.05. The lowest BCUT2D eigenvalue weighted by atomic mass is 10.3. The van der Waals surface area contributed by atoms with Crippen molar-refractivity contribution in [1.29, 1.82) is 0 Å². The first-order valence-corrected chi connectivity index (χ1v) is 6.31. The maximum Gasteiger partial charge on any atom is -0.00979 e. The van der Waals surface area contributed by atoms with Crippen molar-refractivity contribution >= 4 is 25.3 Å². The molecule has 0 aromatic rings. The van der Waals surface area contributed by atoms with E-state index < -0.39 is 0 Å². The quantitative estimate of drug-likeness (QED) is 0.474. The van der Waals surface area contributed by atoms with Gasteiger partial charge < -0.3 is 0 Å². The predicted octanol–water partition coefficient (Wildman–Crippen LogP) is 4.21. The van der Waals surface area contributed by atoms with E-state index in [-0.39, 0.29) is 0 Å². The predicted molar refractivity (Wildman–Crippen MR) is 66.8 cm³/mol. The smallest absolute Gasteiger partial charge is 0.00979 e. The molecule has 0 aromatic carbocycles. The first-order chi connectivity index (χ1) is 5.83. The van der Waals surface area contributed by atoms with Crippen molar-refractivity contribution in [2.75, 3.05) is 11.5 Å². The van der Waals surface area contributed by atoms with Crippen molar-refractivity contribution < 1.29 is 0 Å². The molecule has 0 aliphatic carbocycles. The van der Waals surface area contributed by atoms with Crippen LogP contribution in [0.2, 0.25) is 0 Å². The minimum Gasteiger partial charge on any atom is -0.179 e. The molecule has 0 aliphatic rings. The standard InChI is InChI=1S/2C5H12S/c2*1-2-3-4-5-6/h2*6H,2-5H2,1H3. The third-order valence-electron chi connectivity index (χ3n) is 1.52. The first-order valence-electron chi connectivity index (χ1n) is 5.05. The Morgan fingerprint density at radius 2 is 1.00 bits per heavy atom. The van der Waals surface area contributed by atoms with Gasteiger partial charge >= 0.3 is 0 Å². The van der Waals surface area contributed by atoms with Crippen LogP contribution in [-0.4, -0.2) is 11.5 Å². The van der Waals surface area contributed by atoms with Gasteiger partial charge in [0.2, 0.25) is 0 Å². The van der Waals surface area contributed by atoms with Crippen LogP contribution in [0.25, 0.3) is 0 Å². The highest BCUT2D eigenvalue weighted by molar-refractivity contribution is 7.80. The molecule has 0 saturated heterocycles. The van der Waals surface area contributed by atoms with Crippen LogP contribution in [0.3, 0.4) is 0 Å². The van der Waals surface area contributed by atoms with Crippen LogP contribution < -0.4 is 0 Å². The Kier molecular flexibility index (Phi) is 22.4. The molecule has 0 rings (SSSR count). The van der Waals surface area contributed by atoms with E-state index in [1.54, 1.807) is 0 Å². The SMILES string of the molecule is CCCCCS.CCCCCS. The number of hydrogen-bond donors (Lipinski definition) is 2. The summed E-state index contributed by atoms with van der Waals surface area (Å²) in [6.07, 6.45) is 7.84. The van der Waals surface area contributed by atoms with Gasteiger partial charge in [-0.15, -0.1) is 0 Å². The molecule has 2 heteroatoms. The molecular weight excluding hydrogens is 184 g/mol. The summed E-state index contributed by atoms with van der Waals surface area (Å²) in [5.41, 5.74) is 0. The van der Waals surface area contributed by atoms with E-state index in [9.17, 15) is 0 Å². The molecule has 0 amide bonds. The molecule has 0 radical (unpaired) electrons. The van der Waals surface area contributed by atoms with Crippen LogP contribution in [0.1, 0.15) is 52.4 Å². The maximum atomic E-state index is 4.05. The Labute approximate surface area is 89.3 Å². The van der Waals surface area contributed by atoms with Crippen molar-refractivity contribution in [2.45, 2.75) is 52.4 Å². The van der Waals surface area contributed by atoms with Gasteiger partial charge in [-0.25, -0.2) is 0 Å². The normalized spacial score (nSPS) is 9.00. The topological polar surface area (TPSA) is 0 Å². The summed E-state index contributed by atoms with van der Waals surface area (Å²) in [5.74, 6) is 2.10. The first kappa shape index (κ1) is 15.2. The Balaban J connectivity index is 0. The zero-order chi connectivity index (χ0) is 9.66. The molecule has 0 fully saturated rings. The van der Waals surface area contributed by atoms with Crippen LogP contribution in [0.5, 0.6) is 0 Å². The van der Waals surface area contributed by atoms with Crippen LogP contribution >= 0.6 is 25.3 Å². The van der Waals surface area contributed by atoms with Crippen molar-refractivity contribution in [1.82, 2.24) is 0 Å². The second-order valence-corrected chi connectivity index (χ2v) is 3.76. The van der Waals surface area contributed by atoms with Gasteiger partial charge in [0, 0.05) is 0 Å². The molecule has 0 aliphatic heterocycles. The van der Waals surface area contributed by atoms with E-state index in [4.69, 9.17) is 0 Å². The fraction of sp³-hybridized carbons (Fsp3) is 1.00.